The van der Waals surface area contributed by atoms with E-state index in [0.29, 0.717) is 33.6 Å². The number of amides is 2. The third kappa shape index (κ3) is 23.6. The third-order valence-electron chi connectivity index (χ3n) is 10.8. The van der Waals surface area contributed by atoms with Gasteiger partial charge in [-0.25, -0.2) is 0 Å². The summed E-state index contributed by atoms with van der Waals surface area (Å²) < 4.78 is 12.1. The van der Waals surface area contributed by atoms with E-state index in [2.05, 4.69) is 105 Å². The molecule has 0 fully saturated rings. The predicted molar refractivity (Wildman–Crippen MR) is 255 cm³/mol. The molecule has 0 saturated heterocycles. The van der Waals surface area contributed by atoms with Gasteiger partial charge < -0.3 is 69.8 Å². The Balaban J connectivity index is -0.000000139. The number of hydrogen-bond acceptors (Lipinski definition) is 14. The number of aryl methyl sites for hydroxylation is 6. The van der Waals surface area contributed by atoms with Crippen molar-refractivity contribution in [3.05, 3.63) is 116 Å². The molecule has 36 heteroatoms. The van der Waals surface area contributed by atoms with Crippen molar-refractivity contribution in [3.8, 4) is 21.8 Å². The van der Waals surface area contributed by atoms with Gasteiger partial charge in [0.1, 0.15) is 28.1 Å². The molecule has 10 aromatic rings. The van der Waals surface area contributed by atoms with Gasteiger partial charge in [0.25, 0.3) is 0 Å². The van der Waals surface area contributed by atoms with E-state index in [1.807, 2.05) is 37.3 Å². The van der Waals surface area contributed by atoms with Gasteiger partial charge in [-0.1, -0.05) is 22.4 Å². The summed E-state index contributed by atoms with van der Waals surface area (Å²) in [5.74, 6) is -1.23. The number of thiophene rings is 4. The maximum Gasteiger partial charge on any atom is 0.242 e. The zero-order chi connectivity index (χ0) is 46.6. The van der Waals surface area contributed by atoms with Crippen LogP contribution in [0.25, 0.3) is 64.6 Å². The van der Waals surface area contributed by atoms with Gasteiger partial charge in [-0.3, -0.25) is 23.7 Å². The van der Waals surface area contributed by atoms with Gasteiger partial charge in [0, 0.05) is 430 Å². The van der Waals surface area contributed by atoms with E-state index in [4.69, 9.17) is 8.83 Å². The van der Waals surface area contributed by atoms with Gasteiger partial charge in [0.2, 0.25) is 11.8 Å². The van der Waals surface area contributed by atoms with Gasteiger partial charge in [-0.15, -0.1) is 67.9 Å². The zero-order valence-electron chi connectivity index (χ0n) is 43.2. The van der Waals surface area contributed by atoms with Crippen LogP contribution in [0.3, 0.4) is 0 Å². The minimum absolute atomic E-state index is 0. The van der Waals surface area contributed by atoms with Crippen LogP contribution < -0.4 is 31.0 Å². The minimum atomic E-state index is -0.388. The Labute approximate surface area is 763 Å². The standard InChI is InChI=1S/2C13H13N2OS.2C10H8N3O2S.12W.4Y/c1-7-6-10-11(17-7)5-3-4-9-12(8(2)16)14-15-13(9)10;1-7-6-9-4-3-5-10-11(8(2)16)14-15-12(10)13(9)17-7;1-4-3-5-9(16-4)6-8(15-5)7(13-12-6)10(14)11-2;1-4-3-5-6-8(15-10(5)16-4)7(13-12-6)9(14)11-2;;;;;;;;;;;;;;;;/h2*6H,2-5H2,1H3,(H,14,15,16);2*3H,2H2,1H3,(H2,11,12,13,14);;;;;;;;;;;;;;;;/q4*-1;;;;;;;;;;;;;;;;/p-4. The summed E-state index contributed by atoms with van der Waals surface area (Å²) in [7, 11) is 6.60. The first-order valence-corrected chi connectivity index (χ1v) is 23.8. The molecule has 82 heavy (non-hydrogen) atoms. The number of ketones is 2. The van der Waals surface area contributed by atoms with E-state index >= 15 is 0 Å². The van der Waals surface area contributed by atoms with E-state index in [9.17, 15) is 19.2 Å². The molecule has 0 atom stereocenters. The van der Waals surface area contributed by atoms with Gasteiger partial charge in [-0.2, -0.15) is 13.8 Å². The van der Waals surface area contributed by atoms with Crippen molar-refractivity contribution in [2.45, 2.75) is 66.2 Å². The smallest absolute Gasteiger partial charge is 0.242 e. The summed E-state index contributed by atoms with van der Waals surface area (Å²) in [5, 5.41) is 37.3. The predicted octanol–water partition coefficient (Wildman–Crippen LogP) is 8.78. The normalized spacial score (nSPS) is 10.2. The number of fused-ring (bicyclic) bond motifs is 12. The summed E-state index contributed by atoms with van der Waals surface area (Å²) >= 11 is 6.66. The van der Waals surface area contributed by atoms with Crippen LogP contribution in [0.4, 0.5) is 0 Å². The number of furan rings is 2. The molecule has 424 valence electrons. The maximum absolute atomic E-state index is 11.4. The fourth-order valence-electron chi connectivity index (χ4n) is 8.03. The summed E-state index contributed by atoms with van der Waals surface area (Å²) in [4.78, 5) is 53.8. The molecule has 0 spiro atoms. The molecule has 0 unspecified atom stereocenters. The molecular weight excluding hydrogens is 3480 g/mol. The van der Waals surface area contributed by atoms with Crippen LogP contribution >= 0.6 is 45.3 Å². The molecule has 2 aliphatic rings. The number of carbonyl (C=O) groups is 4. The largest absolute Gasteiger partial charge is 0.595 e. The third-order valence-corrected chi connectivity index (χ3v) is 15.0. The van der Waals surface area contributed by atoms with Crippen molar-refractivity contribution >= 4 is 111 Å². The molecule has 10 aromatic heterocycles. The zero-order valence-corrected chi connectivity index (χ0v) is 93.1. The number of rotatable bonds is 4. The van der Waals surface area contributed by atoms with Gasteiger partial charge in [0.15, 0.2) is 4.90 Å². The number of hydrogen-bond donors (Lipinski definition) is 2. The van der Waals surface area contributed by atoms with Crippen LogP contribution in [0.5, 0.6) is 0 Å². The van der Waals surface area contributed by atoms with Crippen LogP contribution in [0, 0.1) is 55.6 Å². The van der Waals surface area contributed by atoms with Gasteiger partial charge >= 0.3 is 0 Å². The molecule has 0 saturated carbocycles. The van der Waals surface area contributed by atoms with Crippen molar-refractivity contribution < 1.29 is 412 Å². The van der Waals surface area contributed by atoms with Crippen LogP contribution in [-0.2, 0) is 409 Å². The van der Waals surface area contributed by atoms with Gasteiger partial charge in [-0.05, 0) is 102 Å². The molecule has 4 radical (unpaired) electrons. The first kappa shape index (κ1) is 104. The van der Waals surface area contributed by atoms with Crippen molar-refractivity contribution in [2.24, 2.45) is 0 Å². The molecule has 16 nitrogen and oxygen atoms in total. The van der Waals surface area contributed by atoms with E-state index in [-0.39, 0.29) is 418 Å². The Hall–Kier alpha value is 5.94. The second kappa shape index (κ2) is 47.8. The molecule has 12 rings (SSSR count). The van der Waals surface area contributed by atoms with Crippen LogP contribution in [-0.4, -0.2) is 43.8 Å². The van der Waals surface area contributed by atoms with Crippen molar-refractivity contribution in [1.82, 2.24) is 51.4 Å². The number of nitrogens with one attached hydrogen (secondary N) is 2. The molecule has 10 heterocycles. The van der Waals surface area contributed by atoms with Crippen LogP contribution in [0.2, 0.25) is 0 Å². The summed E-state index contributed by atoms with van der Waals surface area (Å²) in [6.07, 6.45) is 5.96. The van der Waals surface area contributed by atoms with Crippen molar-refractivity contribution in [3.63, 3.8) is 0 Å². The molecule has 0 bridgehead atoms. The Bertz CT molecular complexity index is 3330. The van der Waals surface area contributed by atoms with Crippen molar-refractivity contribution in [2.75, 3.05) is 0 Å². The average Bonchev–Trinajstić information content (AvgIpc) is 4.14. The first-order valence-electron chi connectivity index (χ1n) is 20.5. The molecule has 0 aromatic carbocycles. The van der Waals surface area contributed by atoms with E-state index in [1.165, 1.54) is 42.0 Å². The Morgan fingerprint density at radius 2 is 0.963 bits per heavy atom. The topological polar surface area (TPSA) is 227 Å². The van der Waals surface area contributed by atoms with Crippen LogP contribution in [0.15, 0.2) is 33.1 Å². The SMILES string of the molecule is [CH2-]C(=O)c1n[n-]c2c1CCCc1cc(C)sc1-2.[CH2-]C(=O)c1n[n-]c2c1CCCc1sc(C)cc1-2.[CH2-]NC(=O)c1n[n-]c2c1oc1cc(C)sc12.[CH2-]NC(=O)c1n[n-]c2c1oc1sc(C)cc12.[W].[W].[W].[W].[W].[W].[W].[W].[W].[W].[W].[W].[Y].[Y].[Y].[Y]. The van der Waals surface area contributed by atoms with E-state index < -0.39 is 0 Å². The molecule has 2 aliphatic carbocycles. The summed E-state index contributed by atoms with van der Waals surface area (Å²) in [6.45, 7) is 15.1. The van der Waals surface area contributed by atoms with Crippen molar-refractivity contribution in [1.29, 1.82) is 0 Å². The second-order valence-electron chi connectivity index (χ2n) is 15.5. The van der Waals surface area contributed by atoms with Gasteiger partial charge in [0.05, 0.1) is 4.70 Å². The Morgan fingerprint density at radius 3 is 1.50 bits per heavy atom. The van der Waals surface area contributed by atoms with E-state index in [1.54, 1.807) is 22.7 Å². The fourth-order valence-corrected chi connectivity index (χ4v) is 12.0. The quantitative estimate of drug-likeness (QED) is 0.124. The fraction of sp³-hybridized carbons (Fsp3) is 0.217. The second-order valence-corrected chi connectivity index (χ2v) is 20.6. The summed E-state index contributed by atoms with van der Waals surface area (Å²) in [6, 6.07) is 8.27. The number of aromatic nitrogens is 8. The molecule has 0 aliphatic heterocycles. The average molecular weight is 3520 g/mol. The molecule has 2 amide bonds. The monoisotopic (exact) mass is 3520 g/mol. The summed E-state index contributed by atoms with van der Waals surface area (Å²) in [5.41, 5.74) is 10.5. The molecule has 2 N–H and O–H groups in total. The number of nitrogens with zero attached hydrogens (tertiary/aromatic N) is 8. The van der Waals surface area contributed by atoms with Crippen LogP contribution in [0.1, 0.15) is 95.9 Å². The Kier molecular flexibility index (Phi) is 60.6. The van der Waals surface area contributed by atoms with E-state index in [0.717, 1.165) is 91.4 Å². The number of Topliss-reactive ketones (excluding diaryl/α,β-unsaturated/α-hetero) is 2. The Morgan fingerprint density at radius 1 is 0.512 bits per heavy atom. The first-order chi connectivity index (χ1) is 31.7. The molecular formula is C46H38N10O6S4W12Y4-8. The maximum atomic E-state index is 11.4. The number of carbonyl (C=O) groups excluding carboxylic acids is 4. The minimum Gasteiger partial charge on any atom is -0.595 e.